The number of hydrogen-bond acceptors (Lipinski definition) is 7. The third-order valence-corrected chi connectivity index (χ3v) is 5.99. The summed E-state index contributed by atoms with van der Waals surface area (Å²) in [6.07, 6.45) is 1.65. The molecule has 8 nitrogen and oxygen atoms in total. The Morgan fingerprint density at radius 1 is 0.971 bits per heavy atom. The monoisotopic (exact) mass is 476 g/mol. The molecular weight excluding hydrogens is 456 g/mol. The summed E-state index contributed by atoms with van der Waals surface area (Å²) >= 11 is 0.897. The highest BCUT2D eigenvalue weighted by Crippen LogP contribution is 2.35. The number of thioether (sulfide) groups is 1. The molecule has 172 valence electrons. The fourth-order valence-electron chi connectivity index (χ4n) is 3.32. The molecule has 0 aromatic heterocycles. The molecule has 0 unspecified atom stereocenters. The standard InChI is InChI=1S/C25H20N2O6S/c1-32-21-12-9-19(13-22(21)33-16-18-7-10-20(11-8-18)27(30)31)14-23-24(28)26(25(29)34-23)15-17-5-3-2-4-6-17/h2-14H,15-16H2,1H3/b23-14-. The third kappa shape index (κ3) is 5.26. The van der Waals surface area contributed by atoms with Crippen LogP contribution in [0.15, 0.2) is 77.7 Å². The summed E-state index contributed by atoms with van der Waals surface area (Å²) < 4.78 is 11.2. The number of hydrogen-bond donors (Lipinski definition) is 0. The average molecular weight is 477 g/mol. The fraction of sp³-hybridized carbons (Fsp3) is 0.120. The first-order chi connectivity index (χ1) is 16.4. The SMILES string of the molecule is COc1ccc(/C=C2\SC(=O)N(Cc3ccccc3)C2=O)cc1OCc1ccc([N+](=O)[O-])cc1. The second-order valence-corrected chi connectivity index (χ2v) is 8.37. The topological polar surface area (TPSA) is 99.0 Å². The van der Waals surface area contributed by atoms with E-state index >= 15 is 0 Å². The van der Waals surface area contributed by atoms with Crippen LogP contribution in [0.1, 0.15) is 16.7 Å². The Morgan fingerprint density at radius 2 is 1.71 bits per heavy atom. The van der Waals surface area contributed by atoms with Crippen LogP contribution < -0.4 is 9.47 Å². The Hall–Kier alpha value is -4.11. The van der Waals surface area contributed by atoms with Gasteiger partial charge >= 0.3 is 0 Å². The summed E-state index contributed by atoms with van der Waals surface area (Å²) in [5.41, 5.74) is 2.30. The highest BCUT2D eigenvalue weighted by Gasteiger charge is 2.35. The molecular formula is C25H20N2O6S. The van der Waals surface area contributed by atoms with E-state index in [1.54, 1.807) is 36.4 Å². The van der Waals surface area contributed by atoms with Crippen LogP contribution in [-0.4, -0.2) is 28.1 Å². The molecule has 0 atom stereocenters. The van der Waals surface area contributed by atoms with E-state index in [4.69, 9.17) is 9.47 Å². The molecule has 1 fully saturated rings. The Balaban J connectivity index is 1.50. The van der Waals surface area contributed by atoms with Crippen molar-refractivity contribution in [1.82, 2.24) is 4.90 Å². The molecule has 0 saturated carbocycles. The van der Waals surface area contributed by atoms with Crippen molar-refractivity contribution in [1.29, 1.82) is 0 Å². The predicted molar refractivity (Wildman–Crippen MR) is 128 cm³/mol. The van der Waals surface area contributed by atoms with Gasteiger partial charge < -0.3 is 9.47 Å². The van der Waals surface area contributed by atoms with Crippen molar-refractivity contribution in [2.45, 2.75) is 13.2 Å². The van der Waals surface area contributed by atoms with Crippen molar-refractivity contribution in [3.63, 3.8) is 0 Å². The van der Waals surface area contributed by atoms with Gasteiger partial charge in [0, 0.05) is 12.1 Å². The van der Waals surface area contributed by atoms with Gasteiger partial charge in [-0.1, -0.05) is 36.4 Å². The summed E-state index contributed by atoms with van der Waals surface area (Å²) in [6.45, 7) is 0.389. The van der Waals surface area contributed by atoms with Crippen LogP contribution in [0.4, 0.5) is 10.5 Å². The maximum atomic E-state index is 12.8. The minimum atomic E-state index is -0.460. The van der Waals surface area contributed by atoms with Crippen LogP contribution in [0.5, 0.6) is 11.5 Å². The highest BCUT2D eigenvalue weighted by atomic mass is 32.2. The number of ether oxygens (including phenoxy) is 2. The largest absolute Gasteiger partial charge is 0.493 e. The molecule has 0 radical (unpaired) electrons. The molecule has 4 rings (SSSR count). The Morgan fingerprint density at radius 3 is 2.38 bits per heavy atom. The van der Waals surface area contributed by atoms with Crippen LogP contribution >= 0.6 is 11.8 Å². The lowest BCUT2D eigenvalue weighted by Crippen LogP contribution is -2.27. The number of nitro benzene ring substituents is 1. The molecule has 0 spiro atoms. The minimum absolute atomic E-state index is 0.00420. The number of rotatable bonds is 8. The molecule has 1 saturated heterocycles. The summed E-state index contributed by atoms with van der Waals surface area (Å²) in [7, 11) is 1.52. The third-order valence-electron chi connectivity index (χ3n) is 5.08. The van der Waals surface area contributed by atoms with E-state index in [2.05, 4.69) is 0 Å². The van der Waals surface area contributed by atoms with Crippen LogP contribution in [0.2, 0.25) is 0 Å². The maximum Gasteiger partial charge on any atom is 0.293 e. The van der Waals surface area contributed by atoms with Gasteiger partial charge in [0.1, 0.15) is 6.61 Å². The summed E-state index contributed by atoms with van der Waals surface area (Å²) in [6, 6.07) is 20.6. The first kappa shape index (κ1) is 23.1. The minimum Gasteiger partial charge on any atom is -0.493 e. The van der Waals surface area contributed by atoms with E-state index in [9.17, 15) is 19.7 Å². The predicted octanol–water partition coefficient (Wildman–Crippen LogP) is 5.42. The Kier molecular flexibility index (Phi) is 6.93. The number of imide groups is 1. The molecule has 9 heteroatoms. The van der Waals surface area contributed by atoms with Crippen molar-refractivity contribution in [3.05, 3.63) is 105 Å². The number of amides is 2. The number of nitrogens with zero attached hydrogens (tertiary/aromatic N) is 2. The van der Waals surface area contributed by atoms with Gasteiger partial charge in [0.05, 0.1) is 23.5 Å². The van der Waals surface area contributed by atoms with Crippen molar-refractivity contribution >= 4 is 34.7 Å². The summed E-state index contributed by atoms with van der Waals surface area (Å²) in [5.74, 6) is 0.595. The highest BCUT2D eigenvalue weighted by molar-refractivity contribution is 8.18. The van der Waals surface area contributed by atoms with Crippen molar-refractivity contribution in [2.24, 2.45) is 0 Å². The summed E-state index contributed by atoms with van der Waals surface area (Å²) in [5, 5.41) is 10.5. The van der Waals surface area contributed by atoms with Gasteiger partial charge in [-0.3, -0.25) is 24.6 Å². The summed E-state index contributed by atoms with van der Waals surface area (Å²) in [4.78, 5) is 37.2. The van der Waals surface area contributed by atoms with E-state index in [1.165, 1.54) is 24.1 Å². The average Bonchev–Trinajstić information content (AvgIpc) is 3.11. The van der Waals surface area contributed by atoms with Crippen molar-refractivity contribution in [2.75, 3.05) is 7.11 Å². The zero-order valence-corrected chi connectivity index (χ0v) is 19.0. The lowest BCUT2D eigenvalue weighted by atomic mass is 10.1. The molecule has 1 aliphatic heterocycles. The smallest absolute Gasteiger partial charge is 0.293 e. The molecule has 0 bridgehead atoms. The Bertz CT molecular complexity index is 1260. The number of non-ortho nitro benzene ring substituents is 1. The number of carbonyl (C=O) groups excluding carboxylic acids is 2. The van der Waals surface area contributed by atoms with Gasteiger partial charge in [-0.05, 0) is 58.8 Å². The van der Waals surface area contributed by atoms with Crippen LogP contribution in [0.25, 0.3) is 6.08 Å². The van der Waals surface area contributed by atoms with Gasteiger partial charge in [0.2, 0.25) is 0 Å². The maximum absolute atomic E-state index is 12.8. The van der Waals surface area contributed by atoms with Gasteiger partial charge in [0.15, 0.2) is 11.5 Å². The van der Waals surface area contributed by atoms with E-state index in [0.29, 0.717) is 22.0 Å². The lowest BCUT2D eigenvalue weighted by Gasteiger charge is -2.12. The molecule has 34 heavy (non-hydrogen) atoms. The quantitative estimate of drug-likeness (QED) is 0.243. The number of methoxy groups -OCH3 is 1. The van der Waals surface area contributed by atoms with Gasteiger partial charge in [-0.2, -0.15) is 0 Å². The normalized spacial score (nSPS) is 14.5. The zero-order valence-electron chi connectivity index (χ0n) is 18.2. The van der Waals surface area contributed by atoms with E-state index in [0.717, 1.165) is 22.9 Å². The van der Waals surface area contributed by atoms with Gasteiger partial charge in [0.25, 0.3) is 16.8 Å². The van der Waals surface area contributed by atoms with E-state index in [-0.39, 0.29) is 30.0 Å². The second kappa shape index (κ2) is 10.2. The molecule has 3 aromatic rings. The second-order valence-electron chi connectivity index (χ2n) is 7.38. The molecule has 3 aromatic carbocycles. The van der Waals surface area contributed by atoms with Crippen LogP contribution in [-0.2, 0) is 17.9 Å². The molecule has 1 heterocycles. The van der Waals surface area contributed by atoms with Crippen LogP contribution in [0, 0.1) is 10.1 Å². The number of carbonyl (C=O) groups is 2. The number of benzene rings is 3. The Labute approximate surface area is 199 Å². The first-order valence-corrected chi connectivity index (χ1v) is 11.1. The van der Waals surface area contributed by atoms with E-state index < -0.39 is 4.92 Å². The molecule has 2 amide bonds. The molecule has 0 aliphatic carbocycles. The lowest BCUT2D eigenvalue weighted by molar-refractivity contribution is -0.384. The fourth-order valence-corrected chi connectivity index (χ4v) is 4.16. The zero-order chi connectivity index (χ0) is 24.1. The van der Waals surface area contributed by atoms with E-state index in [1.807, 2.05) is 30.3 Å². The van der Waals surface area contributed by atoms with Crippen molar-refractivity contribution in [3.8, 4) is 11.5 Å². The first-order valence-electron chi connectivity index (χ1n) is 10.3. The molecule has 1 aliphatic rings. The number of nitro groups is 1. The van der Waals surface area contributed by atoms with Gasteiger partial charge in [-0.15, -0.1) is 0 Å². The molecule has 0 N–H and O–H groups in total. The van der Waals surface area contributed by atoms with Crippen molar-refractivity contribution < 1.29 is 24.0 Å². The van der Waals surface area contributed by atoms with Gasteiger partial charge in [-0.25, -0.2) is 0 Å². The van der Waals surface area contributed by atoms with Crippen LogP contribution in [0.3, 0.4) is 0 Å².